The van der Waals surface area contributed by atoms with Crippen LogP contribution < -0.4 is 10.2 Å². The predicted molar refractivity (Wildman–Crippen MR) is 109 cm³/mol. The van der Waals surface area contributed by atoms with Crippen LogP contribution in [0.2, 0.25) is 5.02 Å². The molecule has 3 rings (SSSR count). The second-order valence-corrected chi connectivity index (χ2v) is 7.04. The van der Waals surface area contributed by atoms with Crippen molar-refractivity contribution in [2.24, 2.45) is 5.92 Å². The topological polar surface area (TPSA) is 102 Å². The third kappa shape index (κ3) is 5.15. The number of benzene rings is 2. The molecule has 0 unspecified atom stereocenters. The summed E-state index contributed by atoms with van der Waals surface area (Å²) in [5.41, 5.74) is 1.44. The number of rotatable bonds is 6. The average Bonchev–Trinajstić information content (AvgIpc) is 3.15. The summed E-state index contributed by atoms with van der Waals surface area (Å²) in [6.45, 7) is -0.325. The molecule has 1 fully saturated rings. The van der Waals surface area contributed by atoms with Crippen LogP contribution in [-0.4, -0.2) is 44.0 Å². The fraction of sp³-hybridized carbons (Fsp3) is 0.238. The summed E-state index contributed by atoms with van der Waals surface area (Å²) in [5.74, 6) is -2.52. The minimum Gasteiger partial charge on any atom is -0.465 e. The number of carbonyl (C=O) groups is 4. The number of methoxy groups -OCH3 is 1. The van der Waals surface area contributed by atoms with Gasteiger partial charge in [-0.1, -0.05) is 11.6 Å². The van der Waals surface area contributed by atoms with Crippen LogP contribution in [0.1, 0.15) is 16.8 Å². The molecule has 2 amide bonds. The first-order valence-electron chi connectivity index (χ1n) is 9.08. The Kier molecular flexibility index (Phi) is 6.68. The minimum absolute atomic E-state index is 0.0175. The molecule has 1 atom stereocenters. The van der Waals surface area contributed by atoms with E-state index >= 15 is 0 Å². The fourth-order valence-corrected chi connectivity index (χ4v) is 3.12. The molecule has 0 aliphatic carbocycles. The molecule has 1 saturated heterocycles. The second-order valence-electron chi connectivity index (χ2n) is 6.61. The second kappa shape index (κ2) is 9.41. The van der Waals surface area contributed by atoms with Crippen molar-refractivity contribution in [3.8, 4) is 0 Å². The number of nitrogens with zero attached hydrogens (tertiary/aromatic N) is 1. The smallest absolute Gasteiger partial charge is 0.337 e. The van der Waals surface area contributed by atoms with Crippen LogP contribution in [0.5, 0.6) is 0 Å². The van der Waals surface area contributed by atoms with E-state index in [9.17, 15) is 19.2 Å². The van der Waals surface area contributed by atoms with E-state index in [1.54, 1.807) is 48.5 Å². The number of ether oxygens (including phenoxy) is 2. The molecular formula is C21H19ClN2O6. The Hall–Kier alpha value is -3.39. The van der Waals surface area contributed by atoms with E-state index in [1.807, 2.05) is 0 Å². The number of carbonyl (C=O) groups excluding carboxylic acids is 4. The number of hydrogen-bond donors (Lipinski definition) is 1. The Morgan fingerprint density at radius 3 is 2.40 bits per heavy atom. The molecule has 0 aromatic heterocycles. The van der Waals surface area contributed by atoms with Gasteiger partial charge in [0.1, 0.15) is 0 Å². The minimum atomic E-state index is -0.680. The molecule has 0 bridgehead atoms. The molecule has 2 aromatic carbocycles. The Balaban J connectivity index is 1.52. The SMILES string of the molecule is COC(=O)c1ccc(N2C[C@H](C(=O)OCC(=O)Nc3ccc(Cl)cc3)CC2=O)cc1. The number of amides is 2. The maximum atomic E-state index is 12.3. The number of anilines is 2. The molecule has 0 radical (unpaired) electrons. The van der Waals surface area contributed by atoms with Crippen molar-refractivity contribution in [3.05, 3.63) is 59.1 Å². The molecule has 30 heavy (non-hydrogen) atoms. The molecule has 1 aliphatic heterocycles. The first-order valence-corrected chi connectivity index (χ1v) is 9.46. The van der Waals surface area contributed by atoms with Crippen molar-refractivity contribution in [1.29, 1.82) is 0 Å². The highest BCUT2D eigenvalue weighted by Crippen LogP contribution is 2.26. The van der Waals surface area contributed by atoms with Crippen molar-refractivity contribution < 1.29 is 28.7 Å². The highest BCUT2D eigenvalue weighted by atomic mass is 35.5. The summed E-state index contributed by atoms with van der Waals surface area (Å²) in [6.07, 6.45) is -0.0175. The Labute approximate surface area is 177 Å². The zero-order valence-electron chi connectivity index (χ0n) is 16.1. The normalized spacial score (nSPS) is 15.6. The van der Waals surface area contributed by atoms with Crippen molar-refractivity contribution in [1.82, 2.24) is 0 Å². The standard InChI is InChI=1S/C21H19ClN2O6/c1-29-20(27)13-2-8-17(9-3-13)24-11-14(10-19(24)26)21(28)30-12-18(25)23-16-6-4-15(22)5-7-16/h2-9,14H,10-12H2,1H3,(H,23,25)/t14-/m1/s1. The van der Waals surface area contributed by atoms with Gasteiger partial charge in [-0.25, -0.2) is 4.79 Å². The maximum absolute atomic E-state index is 12.3. The van der Waals surface area contributed by atoms with Gasteiger partial charge in [-0.2, -0.15) is 0 Å². The summed E-state index contributed by atoms with van der Waals surface area (Å²) in [6, 6.07) is 12.8. The van der Waals surface area contributed by atoms with Gasteiger partial charge >= 0.3 is 11.9 Å². The van der Waals surface area contributed by atoms with Gasteiger partial charge in [0.05, 0.1) is 18.6 Å². The summed E-state index contributed by atoms with van der Waals surface area (Å²) in [4.78, 5) is 49.5. The number of esters is 2. The number of hydrogen-bond acceptors (Lipinski definition) is 6. The van der Waals surface area contributed by atoms with E-state index in [4.69, 9.17) is 16.3 Å². The summed E-state index contributed by atoms with van der Waals surface area (Å²) >= 11 is 5.79. The van der Waals surface area contributed by atoms with Crippen LogP contribution in [0.3, 0.4) is 0 Å². The van der Waals surface area contributed by atoms with Crippen LogP contribution >= 0.6 is 11.6 Å². The molecule has 9 heteroatoms. The van der Waals surface area contributed by atoms with Gasteiger partial charge < -0.3 is 19.7 Å². The molecular weight excluding hydrogens is 412 g/mol. The molecule has 0 saturated carbocycles. The Bertz CT molecular complexity index is 958. The average molecular weight is 431 g/mol. The Morgan fingerprint density at radius 2 is 1.77 bits per heavy atom. The molecule has 8 nitrogen and oxygen atoms in total. The zero-order valence-corrected chi connectivity index (χ0v) is 16.8. The van der Waals surface area contributed by atoms with Crippen LogP contribution in [0.25, 0.3) is 0 Å². The largest absolute Gasteiger partial charge is 0.465 e. The third-order valence-corrected chi connectivity index (χ3v) is 4.78. The molecule has 1 aliphatic rings. The zero-order chi connectivity index (χ0) is 21.7. The quantitative estimate of drug-likeness (QED) is 0.707. The number of halogens is 1. The lowest BCUT2D eigenvalue weighted by atomic mass is 10.1. The van der Waals surface area contributed by atoms with Gasteiger partial charge in [0, 0.05) is 29.4 Å². The van der Waals surface area contributed by atoms with Gasteiger partial charge in [-0.15, -0.1) is 0 Å². The summed E-state index contributed by atoms with van der Waals surface area (Å²) < 4.78 is 9.71. The van der Waals surface area contributed by atoms with Crippen LogP contribution in [0.4, 0.5) is 11.4 Å². The van der Waals surface area contributed by atoms with E-state index in [0.717, 1.165) is 0 Å². The van der Waals surface area contributed by atoms with E-state index in [-0.39, 0.29) is 18.9 Å². The van der Waals surface area contributed by atoms with Gasteiger partial charge in [0.2, 0.25) is 5.91 Å². The maximum Gasteiger partial charge on any atom is 0.337 e. The van der Waals surface area contributed by atoms with Crippen molar-refractivity contribution >= 4 is 46.7 Å². The Morgan fingerprint density at radius 1 is 1.10 bits per heavy atom. The van der Waals surface area contributed by atoms with Gasteiger partial charge in [0.15, 0.2) is 6.61 Å². The van der Waals surface area contributed by atoms with Crippen molar-refractivity contribution in [3.63, 3.8) is 0 Å². The van der Waals surface area contributed by atoms with Crippen LogP contribution in [0, 0.1) is 5.92 Å². The van der Waals surface area contributed by atoms with Crippen LogP contribution in [0.15, 0.2) is 48.5 Å². The summed E-state index contributed by atoms with van der Waals surface area (Å²) in [7, 11) is 1.28. The lowest BCUT2D eigenvalue weighted by Gasteiger charge is -2.16. The molecule has 1 N–H and O–H groups in total. The fourth-order valence-electron chi connectivity index (χ4n) is 3.00. The lowest BCUT2D eigenvalue weighted by Crippen LogP contribution is -2.28. The third-order valence-electron chi connectivity index (χ3n) is 4.53. The monoisotopic (exact) mass is 430 g/mol. The molecule has 1 heterocycles. The number of nitrogens with one attached hydrogen (secondary N) is 1. The molecule has 156 valence electrons. The van der Waals surface area contributed by atoms with Gasteiger partial charge in [0.25, 0.3) is 5.91 Å². The first kappa shape index (κ1) is 21.3. The molecule has 0 spiro atoms. The molecule has 2 aromatic rings. The van der Waals surface area contributed by atoms with Gasteiger partial charge in [-0.05, 0) is 48.5 Å². The highest BCUT2D eigenvalue weighted by Gasteiger charge is 2.36. The lowest BCUT2D eigenvalue weighted by molar-refractivity contribution is -0.151. The summed E-state index contributed by atoms with van der Waals surface area (Å²) in [5, 5.41) is 3.12. The van der Waals surface area contributed by atoms with Gasteiger partial charge in [-0.3, -0.25) is 14.4 Å². The van der Waals surface area contributed by atoms with Crippen molar-refractivity contribution in [2.45, 2.75) is 6.42 Å². The van der Waals surface area contributed by atoms with E-state index in [2.05, 4.69) is 10.1 Å². The van der Waals surface area contributed by atoms with Crippen molar-refractivity contribution in [2.75, 3.05) is 30.5 Å². The van der Waals surface area contributed by atoms with E-state index in [0.29, 0.717) is 22.0 Å². The predicted octanol–water partition coefficient (Wildman–Crippen LogP) is 2.66. The highest BCUT2D eigenvalue weighted by molar-refractivity contribution is 6.30. The van der Waals surface area contributed by atoms with E-state index < -0.39 is 30.4 Å². The van der Waals surface area contributed by atoms with Crippen LogP contribution in [-0.2, 0) is 23.9 Å². The first-order chi connectivity index (χ1) is 14.4. The van der Waals surface area contributed by atoms with E-state index in [1.165, 1.54) is 12.0 Å².